The average molecular weight is 263 g/mol. The maximum Gasteiger partial charge on any atom is 0.260 e. The number of aromatic nitrogens is 1. The summed E-state index contributed by atoms with van der Waals surface area (Å²) in [6.07, 6.45) is 1.61. The number of hydrogen-bond donors (Lipinski definition) is 2. The van der Waals surface area contributed by atoms with E-state index in [9.17, 15) is 0 Å². The Morgan fingerprint density at radius 3 is 2.78 bits per heavy atom. The standard InChI is InChI=1S/C12H13N3O2S/c1-7-5-9(3-4-10(7)11(13)15-16)18-12-14-8(2)6-17-12/h3-6,16H,1-2H3,(H2,13,15). The van der Waals surface area contributed by atoms with Gasteiger partial charge in [-0.25, -0.2) is 4.98 Å². The molecule has 6 heteroatoms. The Morgan fingerprint density at radius 1 is 1.44 bits per heavy atom. The lowest BCUT2D eigenvalue weighted by atomic mass is 10.1. The predicted octanol–water partition coefficient (Wildman–Crippen LogP) is 2.54. The number of aryl methyl sites for hydroxylation is 2. The third-order valence-electron chi connectivity index (χ3n) is 2.38. The molecule has 1 aromatic heterocycles. The molecule has 0 atom stereocenters. The molecule has 0 aliphatic carbocycles. The normalized spacial score (nSPS) is 11.8. The van der Waals surface area contributed by atoms with Crippen molar-refractivity contribution >= 4 is 17.6 Å². The highest BCUT2D eigenvalue weighted by molar-refractivity contribution is 7.99. The molecule has 3 N–H and O–H groups in total. The minimum atomic E-state index is 0.107. The summed E-state index contributed by atoms with van der Waals surface area (Å²) in [5, 5.41) is 12.2. The number of rotatable bonds is 3. The fourth-order valence-corrected chi connectivity index (χ4v) is 2.38. The van der Waals surface area contributed by atoms with Gasteiger partial charge >= 0.3 is 0 Å². The van der Waals surface area contributed by atoms with Gasteiger partial charge in [-0.3, -0.25) is 0 Å². The maximum absolute atomic E-state index is 8.65. The van der Waals surface area contributed by atoms with Gasteiger partial charge in [0.1, 0.15) is 6.26 Å². The van der Waals surface area contributed by atoms with Gasteiger partial charge in [-0.2, -0.15) is 0 Å². The number of oxazole rings is 1. The number of benzene rings is 1. The molecule has 0 unspecified atom stereocenters. The van der Waals surface area contributed by atoms with Crippen molar-refractivity contribution in [3.63, 3.8) is 0 Å². The quantitative estimate of drug-likeness (QED) is 0.385. The molecule has 0 fully saturated rings. The monoisotopic (exact) mass is 263 g/mol. The SMILES string of the molecule is Cc1coc(Sc2ccc(/C(N)=N/O)c(C)c2)n1. The first kappa shape index (κ1) is 12.5. The summed E-state index contributed by atoms with van der Waals surface area (Å²) in [6.45, 7) is 3.78. The molecule has 0 aliphatic heterocycles. The Hall–Kier alpha value is -1.95. The molecule has 1 aromatic carbocycles. The number of nitrogens with zero attached hydrogens (tertiary/aromatic N) is 2. The number of oxime groups is 1. The first-order valence-electron chi connectivity index (χ1n) is 5.28. The van der Waals surface area contributed by atoms with Crippen LogP contribution in [0.25, 0.3) is 0 Å². The molecule has 5 nitrogen and oxygen atoms in total. The fourth-order valence-electron chi connectivity index (χ4n) is 1.52. The van der Waals surface area contributed by atoms with E-state index < -0.39 is 0 Å². The van der Waals surface area contributed by atoms with Crippen LogP contribution in [0, 0.1) is 13.8 Å². The lowest BCUT2D eigenvalue weighted by molar-refractivity contribution is 0.318. The molecule has 94 valence electrons. The van der Waals surface area contributed by atoms with Crippen LogP contribution in [0.1, 0.15) is 16.8 Å². The predicted molar refractivity (Wildman–Crippen MR) is 69.1 cm³/mol. The van der Waals surface area contributed by atoms with Gasteiger partial charge in [0.15, 0.2) is 5.84 Å². The van der Waals surface area contributed by atoms with Crippen LogP contribution in [0.5, 0.6) is 0 Å². The largest absolute Gasteiger partial charge is 0.439 e. The van der Waals surface area contributed by atoms with Gasteiger partial charge in [0, 0.05) is 10.5 Å². The Kier molecular flexibility index (Phi) is 3.57. The zero-order chi connectivity index (χ0) is 13.1. The van der Waals surface area contributed by atoms with Crippen LogP contribution in [0.4, 0.5) is 0 Å². The van der Waals surface area contributed by atoms with Crippen LogP contribution in [0.2, 0.25) is 0 Å². The van der Waals surface area contributed by atoms with Crippen molar-refractivity contribution in [3.05, 3.63) is 41.3 Å². The molecular weight excluding hydrogens is 250 g/mol. The molecule has 1 heterocycles. The summed E-state index contributed by atoms with van der Waals surface area (Å²) < 4.78 is 5.27. The Bertz CT molecular complexity index is 593. The van der Waals surface area contributed by atoms with Crippen molar-refractivity contribution in [2.24, 2.45) is 10.9 Å². The topological polar surface area (TPSA) is 84.6 Å². The summed E-state index contributed by atoms with van der Waals surface area (Å²) >= 11 is 1.43. The number of nitrogens with two attached hydrogens (primary N) is 1. The molecule has 2 rings (SSSR count). The minimum Gasteiger partial charge on any atom is -0.439 e. The molecule has 0 saturated carbocycles. The van der Waals surface area contributed by atoms with Crippen molar-refractivity contribution in [1.29, 1.82) is 0 Å². The van der Waals surface area contributed by atoms with Gasteiger partial charge < -0.3 is 15.4 Å². The minimum absolute atomic E-state index is 0.107. The van der Waals surface area contributed by atoms with E-state index in [1.54, 1.807) is 6.26 Å². The smallest absolute Gasteiger partial charge is 0.260 e. The highest BCUT2D eigenvalue weighted by Gasteiger charge is 2.08. The number of amidine groups is 1. The van der Waals surface area contributed by atoms with Crippen molar-refractivity contribution in [2.45, 2.75) is 24.0 Å². The second-order valence-electron chi connectivity index (χ2n) is 3.82. The van der Waals surface area contributed by atoms with Gasteiger partial charge in [-0.1, -0.05) is 5.16 Å². The Labute approximate surface area is 109 Å². The average Bonchev–Trinajstić information content (AvgIpc) is 2.74. The highest BCUT2D eigenvalue weighted by Crippen LogP contribution is 2.28. The summed E-state index contributed by atoms with van der Waals surface area (Å²) in [5.74, 6) is 0.107. The third kappa shape index (κ3) is 2.65. The molecule has 18 heavy (non-hydrogen) atoms. The Morgan fingerprint density at radius 2 is 2.22 bits per heavy atom. The summed E-state index contributed by atoms with van der Waals surface area (Å²) in [6, 6.07) is 5.63. The molecule has 2 aromatic rings. The van der Waals surface area contributed by atoms with Crippen LogP contribution in [0.3, 0.4) is 0 Å². The summed E-state index contributed by atoms with van der Waals surface area (Å²) in [5.41, 5.74) is 8.06. The van der Waals surface area contributed by atoms with E-state index in [4.69, 9.17) is 15.4 Å². The van der Waals surface area contributed by atoms with Crippen LogP contribution < -0.4 is 5.73 Å². The van der Waals surface area contributed by atoms with Crippen molar-refractivity contribution < 1.29 is 9.62 Å². The van der Waals surface area contributed by atoms with Crippen molar-refractivity contribution in [2.75, 3.05) is 0 Å². The van der Waals surface area contributed by atoms with Gasteiger partial charge in [0.25, 0.3) is 5.22 Å². The van der Waals surface area contributed by atoms with Gasteiger partial charge in [-0.15, -0.1) is 0 Å². The van der Waals surface area contributed by atoms with E-state index in [1.165, 1.54) is 11.8 Å². The van der Waals surface area contributed by atoms with E-state index in [2.05, 4.69) is 10.1 Å². The first-order valence-corrected chi connectivity index (χ1v) is 6.10. The molecule has 0 bridgehead atoms. The molecule has 0 amide bonds. The molecule has 0 spiro atoms. The highest BCUT2D eigenvalue weighted by atomic mass is 32.2. The van der Waals surface area contributed by atoms with Crippen LogP contribution in [-0.4, -0.2) is 16.0 Å². The molecule has 0 aliphatic rings. The zero-order valence-electron chi connectivity index (χ0n) is 10.0. The lowest BCUT2D eigenvalue weighted by Crippen LogP contribution is -2.14. The molecule has 0 radical (unpaired) electrons. The second-order valence-corrected chi connectivity index (χ2v) is 4.84. The van der Waals surface area contributed by atoms with E-state index in [1.807, 2.05) is 32.0 Å². The Balaban J connectivity index is 2.24. The van der Waals surface area contributed by atoms with E-state index in [0.29, 0.717) is 10.8 Å². The molecular formula is C12H13N3O2S. The van der Waals surface area contributed by atoms with Gasteiger partial charge in [-0.05, 0) is 49.4 Å². The van der Waals surface area contributed by atoms with Gasteiger partial charge in [0.05, 0.1) is 5.69 Å². The van der Waals surface area contributed by atoms with Crippen LogP contribution >= 0.6 is 11.8 Å². The van der Waals surface area contributed by atoms with Crippen LogP contribution in [-0.2, 0) is 0 Å². The van der Waals surface area contributed by atoms with E-state index in [-0.39, 0.29) is 5.84 Å². The summed E-state index contributed by atoms with van der Waals surface area (Å²) in [7, 11) is 0. The maximum atomic E-state index is 8.65. The van der Waals surface area contributed by atoms with Crippen LogP contribution in [0.15, 0.2) is 44.2 Å². The fraction of sp³-hybridized carbons (Fsp3) is 0.167. The summed E-state index contributed by atoms with van der Waals surface area (Å²) in [4.78, 5) is 5.21. The first-order chi connectivity index (χ1) is 8.60. The van der Waals surface area contributed by atoms with E-state index >= 15 is 0 Å². The zero-order valence-corrected chi connectivity index (χ0v) is 10.9. The molecule has 0 saturated heterocycles. The van der Waals surface area contributed by atoms with E-state index in [0.717, 1.165) is 16.2 Å². The number of hydrogen-bond acceptors (Lipinski definition) is 5. The van der Waals surface area contributed by atoms with Crippen molar-refractivity contribution in [3.8, 4) is 0 Å². The van der Waals surface area contributed by atoms with Crippen molar-refractivity contribution in [1.82, 2.24) is 4.98 Å². The van der Waals surface area contributed by atoms with Gasteiger partial charge in [0.2, 0.25) is 0 Å². The second kappa shape index (κ2) is 5.14. The lowest BCUT2D eigenvalue weighted by Gasteiger charge is -2.05. The third-order valence-corrected chi connectivity index (χ3v) is 3.24.